The van der Waals surface area contributed by atoms with Crippen molar-refractivity contribution in [3.63, 3.8) is 0 Å². The molecule has 0 fully saturated rings. The van der Waals surface area contributed by atoms with Gasteiger partial charge < -0.3 is 9.64 Å². The Hall–Kier alpha value is -1.30. The highest BCUT2D eigenvalue weighted by molar-refractivity contribution is 6.42. The van der Waals surface area contributed by atoms with Gasteiger partial charge in [0.2, 0.25) is 0 Å². The second kappa shape index (κ2) is 13.0. The largest absolute Gasteiger partial charge is 0.465 e. The molecule has 0 aliphatic rings. The molecule has 1 atom stereocenters. The number of hydrogen-bond acceptors (Lipinski definition) is 4. The summed E-state index contributed by atoms with van der Waals surface area (Å²) in [6.07, 6.45) is 1.97. The Balaban J connectivity index is 2.75. The average Bonchev–Trinajstić information content (AvgIpc) is 2.65. The van der Waals surface area contributed by atoms with Crippen LogP contribution in [0.2, 0.25) is 10.0 Å². The van der Waals surface area contributed by atoms with Crippen LogP contribution in [-0.4, -0.2) is 49.1 Å². The lowest BCUT2D eigenvalue weighted by Gasteiger charge is -2.19. The van der Waals surface area contributed by atoms with Gasteiger partial charge >= 0.3 is 0 Å². The van der Waals surface area contributed by atoms with Crippen LogP contribution in [0, 0.1) is 5.92 Å². The number of nitrogens with zero attached hydrogens (tertiary/aromatic N) is 2. The Morgan fingerprint density at radius 2 is 1.86 bits per heavy atom. The summed E-state index contributed by atoms with van der Waals surface area (Å²) in [6, 6.07) is 5.05. The first-order valence-corrected chi connectivity index (χ1v) is 10.7. The minimum atomic E-state index is -0.323. The Labute approximate surface area is 179 Å². The second-order valence-corrected chi connectivity index (χ2v) is 8.05. The Kier molecular flexibility index (Phi) is 11.5. The lowest BCUT2D eigenvalue weighted by atomic mass is 10.2. The third-order valence-electron chi connectivity index (χ3n) is 4.28. The Morgan fingerprint density at radius 1 is 1.18 bits per heavy atom. The topological polar surface area (TPSA) is 53.9 Å². The molecule has 0 radical (unpaired) electrons. The van der Waals surface area contributed by atoms with Crippen molar-refractivity contribution in [2.45, 2.75) is 53.5 Å². The molecular weight excluding hydrogens is 397 g/mol. The van der Waals surface area contributed by atoms with E-state index in [1.54, 1.807) is 12.1 Å². The zero-order chi connectivity index (χ0) is 21.1. The van der Waals surface area contributed by atoms with E-state index < -0.39 is 0 Å². The third-order valence-corrected chi connectivity index (χ3v) is 5.02. The van der Waals surface area contributed by atoms with Crippen LogP contribution >= 0.6 is 23.2 Å². The number of carbonyl (C=O) groups excluding carboxylic acids is 1. The quantitative estimate of drug-likeness (QED) is 0.407. The minimum absolute atomic E-state index is 0.0480. The lowest BCUT2D eigenvalue weighted by molar-refractivity contribution is 0.0963. The maximum absolute atomic E-state index is 12.5. The van der Waals surface area contributed by atoms with Gasteiger partial charge in [-0.25, -0.2) is 4.99 Å². The average molecular weight is 430 g/mol. The highest BCUT2D eigenvalue weighted by atomic mass is 35.5. The molecule has 0 saturated carbocycles. The van der Waals surface area contributed by atoms with E-state index in [0.29, 0.717) is 28.1 Å². The number of aliphatic imine (C=N–C) groups is 1. The molecule has 1 amide bonds. The van der Waals surface area contributed by atoms with Gasteiger partial charge in [-0.05, 0) is 63.5 Å². The Bertz CT molecular complexity index is 647. The molecule has 1 rings (SSSR count). The summed E-state index contributed by atoms with van der Waals surface area (Å²) in [7, 11) is 0. The van der Waals surface area contributed by atoms with Gasteiger partial charge in [-0.2, -0.15) is 0 Å². The molecule has 1 aromatic carbocycles. The molecule has 1 N–H and O–H groups in total. The molecule has 7 heteroatoms. The molecule has 28 heavy (non-hydrogen) atoms. The summed E-state index contributed by atoms with van der Waals surface area (Å²) in [6.45, 7) is 14.1. The highest BCUT2D eigenvalue weighted by Gasteiger charge is 2.14. The monoisotopic (exact) mass is 429 g/mol. The summed E-state index contributed by atoms with van der Waals surface area (Å²) < 4.78 is 5.74. The summed E-state index contributed by atoms with van der Waals surface area (Å²) in [5.41, 5.74) is 0.407. The summed E-state index contributed by atoms with van der Waals surface area (Å²) in [5, 5.41) is 3.51. The van der Waals surface area contributed by atoms with E-state index in [1.165, 1.54) is 6.07 Å². The third kappa shape index (κ3) is 9.26. The predicted octanol–water partition coefficient (Wildman–Crippen LogP) is 5.26. The Morgan fingerprint density at radius 3 is 2.43 bits per heavy atom. The lowest BCUT2D eigenvalue weighted by Crippen LogP contribution is -2.34. The van der Waals surface area contributed by atoms with Gasteiger partial charge in [-0.15, -0.1) is 0 Å². The van der Waals surface area contributed by atoms with Crippen molar-refractivity contribution in [3.8, 4) is 0 Å². The first kappa shape index (κ1) is 24.7. The van der Waals surface area contributed by atoms with Crippen molar-refractivity contribution >= 4 is 35.1 Å². The summed E-state index contributed by atoms with van der Waals surface area (Å²) in [5.74, 6) is 0.00136. The van der Waals surface area contributed by atoms with Gasteiger partial charge in [0, 0.05) is 5.56 Å². The van der Waals surface area contributed by atoms with Crippen molar-refractivity contribution in [2.24, 2.45) is 10.9 Å². The molecule has 0 heterocycles. The fraction of sp³-hybridized carbons (Fsp3) is 0.619. The van der Waals surface area contributed by atoms with Crippen molar-refractivity contribution in [1.29, 1.82) is 0 Å². The zero-order valence-electron chi connectivity index (χ0n) is 17.6. The fourth-order valence-corrected chi connectivity index (χ4v) is 2.87. The number of benzene rings is 1. The number of amidine groups is 1. The van der Waals surface area contributed by atoms with E-state index in [0.717, 1.165) is 32.5 Å². The first-order chi connectivity index (χ1) is 13.3. The van der Waals surface area contributed by atoms with Crippen LogP contribution in [0.3, 0.4) is 0 Å². The van der Waals surface area contributed by atoms with Crippen molar-refractivity contribution in [3.05, 3.63) is 33.8 Å². The van der Waals surface area contributed by atoms with Crippen LogP contribution in [0.5, 0.6) is 0 Å². The first-order valence-electron chi connectivity index (χ1n) is 9.96. The van der Waals surface area contributed by atoms with E-state index in [1.807, 2.05) is 20.8 Å². The zero-order valence-corrected chi connectivity index (χ0v) is 19.1. The standard InChI is InChI=1S/C21H33Cl2N3O2/c1-6-26(7-2)12-8-9-16(5)24-21(28-14-15(3)4)25-20(27)17-10-11-18(22)19(23)13-17/h10-11,13,15-16H,6-9,12,14H2,1-5H3,(H,24,25,27)/t16-/m1/s1. The number of carbonyl (C=O) groups is 1. The molecule has 0 unspecified atom stereocenters. The molecule has 0 aliphatic heterocycles. The van der Waals surface area contributed by atoms with Gasteiger partial charge in [0.15, 0.2) is 0 Å². The van der Waals surface area contributed by atoms with Crippen LogP contribution in [0.15, 0.2) is 23.2 Å². The van der Waals surface area contributed by atoms with Crippen LogP contribution in [0.25, 0.3) is 0 Å². The van der Waals surface area contributed by atoms with Gasteiger partial charge in [0.1, 0.15) is 0 Å². The molecular formula is C21H33Cl2N3O2. The highest BCUT2D eigenvalue weighted by Crippen LogP contribution is 2.22. The van der Waals surface area contributed by atoms with Gasteiger partial charge in [-0.3, -0.25) is 10.1 Å². The SMILES string of the molecule is CCN(CC)CCC[C@@H](C)N=C(NC(=O)c1ccc(Cl)c(Cl)c1)OCC(C)C. The van der Waals surface area contributed by atoms with Gasteiger partial charge in [0.25, 0.3) is 11.9 Å². The normalized spacial score (nSPS) is 13.1. The van der Waals surface area contributed by atoms with Crippen LogP contribution < -0.4 is 5.32 Å². The van der Waals surface area contributed by atoms with E-state index in [-0.39, 0.29) is 18.0 Å². The van der Waals surface area contributed by atoms with Crippen LogP contribution in [0.4, 0.5) is 0 Å². The molecule has 0 aliphatic carbocycles. The number of ether oxygens (including phenoxy) is 1. The van der Waals surface area contributed by atoms with E-state index in [2.05, 4.69) is 29.1 Å². The molecule has 0 spiro atoms. The fourth-order valence-electron chi connectivity index (χ4n) is 2.57. The number of nitrogens with one attached hydrogen (secondary N) is 1. The smallest absolute Gasteiger partial charge is 0.291 e. The summed E-state index contributed by atoms with van der Waals surface area (Å²) >= 11 is 11.9. The van der Waals surface area contributed by atoms with E-state index in [4.69, 9.17) is 27.9 Å². The van der Waals surface area contributed by atoms with Crippen molar-refractivity contribution in [1.82, 2.24) is 10.2 Å². The number of rotatable bonds is 10. The predicted molar refractivity (Wildman–Crippen MR) is 119 cm³/mol. The maximum Gasteiger partial charge on any atom is 0.291 e. The van der Waals surface area contributed by atoms with Crippen LogP contribution in [0.1, 0.15) is 57.8 Å². The second-order valence-electron chi connectivity index (χ2n) is 7.24. The van der Waals surface area contributed by atoms with E-state index >= 15 is 0 Å². The maximum atomic E-state index is 12.5. The van der Waals surface area contributed by atoms with Gasteiger partial charge in [0.05, 0.1) is 22.7 Å². The molecule has 0 bridgehead atoms. The molecule has 1 aromatic rings. The number of amides is 1. The van der Waals surface area contributed by atoms with Crippen molar-refractivity contribution in [2.75, 3.05) is 26.2 Å². The van der Waals surface area contributed by atoms with Crippen LogP contribution in [-0.2, 0) is 4.74 Å². The molecule has 5 nitrogen and oxygen atoms in total. The van der Waals surface area contributed by atoms with Crippen molar-refractivity contribution < 1.29 is 9.53 Å². The number of halogens is 2. The van der Waals surface area contributed by atoms with E-state index in [9.17, 15) is 4.79 Å². The molecule has 158 valence electrons. The minimum Gasteiger partial charge on any atom is -0.465 e. The molecule has 0 aromatic heterocycles. The number of hydrogen-bond donors (Lipinski definition) is 1. The summed E-state index contributed by atoms with van der Waals surface area (Å²) in [4.78, 5) is 19.5. The van der Waals surface area contributed by atoms with Gasteiger partial charge in [-0.1, -0.05) is 50.9 Å². The molecule has 0 saturated heterocycles.